The maximum Gasteiger partial charge on any atom is 0.255 e. The van der Waals surface area contributed by atoms with Gasteiger partial charge in [0.2, 0.25) is 5.91 Å². The van der Waals surface area contributed by atoms with Crippen LogP contribution in [0.5, 0.6) is 0 Å². The lowest BCUT2D eigenvalue weighted by Crippen LogP contribution is -2.52. The predicted molar refractivity (Wildman–Crippen MR) is 117 cm³/mol. The van der Waals surface area contributed by atoms with Crippen LogP contribution in [0, 0.1) is 0 Å². The van der Waals surface area contributed by atoms with E-state index in [1.165, 1.54) is 7.05 Å². The number of nitrogens with one attached hydrogen (secondary N) is 2. The normalized spacial score (nSPS) is 12.7. The number of nitrogens with zero attached hydrogens (tertiary/aromatic N) is 3. The van der Waals surface area contributed by atoms with Crippen LogP contribution in [0.25, 0.3) is 11.1 Å². The zero-order valence-electron chi connectivity index (χ0n) is 17.7. The minimum absolute atomic E-state index is 0.0682. The lowest BCUT2D eigenvalue weighted by molar-refractivity contribution is -0.126. The van der Waals surface area contributed by atoms with Crippen LogP contribution in [0.3, 0.4) is 0 Å². The average Bonchev–Trinajstić information content (AvgIpc) is 3.22. The van der Waals surface area contributed by atoms with Crippen molar-refractivity contribution in [3.63, 3.8) is 0 Å². The molecule has 4 N–H and O–H groups in total. The topological polar surface area (TPSA) is 124 Å². The summed E-state index contributed by atoms with van der Waals surface area (Å²) in [6, 6.07) is 10.3. The molecule has 2 aromatic heterocycles. The fraction of sp³-hybridized carbons (Fsp3) is 0.273. The molecule has 0 fully saturated rings. The highest BCUT2D eigenvalue weighted by Crippen LogP contribution is 2.21. The van der Waals surface area contributed by atoms with Crippen LogP contribution in [0.15, 0.2) is 55.0 Å². The van der Waals surface area contributed by atoms with Crippen molar-refractivity contribution < 1.29 is 14.3 Å². The second kappa shape index (κ2) is 9.86. The van der Waals surface area contributed by atoms with E-state index in [-0.39, 0.29) is 17.3 Å². The van der Waals surface area contributed by atoms with Gasteiger partial charge in [0.1, 0.15) is 11.9 Å². The Morgan fingerprint density at radius 2 is 1.94 bits per heavy atom. The van der Waals surface area contributed by atoms with Crippen molar-refractivity contribution in [3.05, 3.63) is 66.1 Å². The lowest BCUT2D eigenvalue weighted by atomic mass is 10.1. The fourth-order valence-corrected chi connectivity index (χ4v) is 3.05. The monoisotopic (exact) mass is 422 g/mol. The first-order valence-electron chi connectivity index (χ1n) is 9.81. The van der Waals surface area contributed by atoms with Crippen LogP contribution in [-0.2, 0) is 23.2 Å². The van der Waals surface area contributed by atoms with Gasteiger partial charge in [0.05, 0.1) is 24.5 Å². The number of rotatable bonds is 8. The summed E-state index contributed by atoms with van der Waals surface area (Å²) in [5, 5.41) is 9.42. The van der Waals surface area contributed by atoms with Crippen molar-refractivity contribution in [1.29, 1.82) is 0 Å². The third-order valence-corrected chi connectivity index (χ3v) is 4.84. The fourth-order valence-electron chi connectivity index (χ4n) is 3.05. The van der Waals surface area contributed by atoms with E-state index in [1.54, 1.807) is 37.1 Å². The van der Waals surface area contributed by atoms with Gasteiger partial charge >= 0.3 is 0 Å². The molecule has 0 saturated carbocycles. The number of carbonyl (C=O) groups excluding carboxylic acids is 2. The van der Waals surface area contributed by atoms with Gasteiger partial charge in [-0.3, -0.25) is 14.3 Å². The van der Waals surface area contributed by atoms with E-state index in [9.17, 15) is 9.59 Å². The number of pyridine rings is 1. The number of aryl methyl sites for hydroxylation is 1. The molecule has 3 rings (SSSR count). The van der Waals surface area contributed by atoms with Gasteiger partial charge in [0.15, 0.2) is 0 Å². The molecule has 2 heterocycles. The standard InChI is InChI=1S/C22H26N6O3/c1-14(31-13-15-7-5-4-6-8-15)19(22(30)24-2)27-21(29)18-9-16(10-25-20(18)23)17-11-26-28(3)12-17/h4-12,14,19H,13H2,1-3H3,(H2,23,25)(H,24,30)(H,27,29)/t14-,19+/m1/s1. The molecule has 9 heteroatoms. The van der Waals surface area contributed by atoms with Crippen molar-refractivity contribution >= 4 is 17.6 Å². The molecule has 0 spiro atoms. The number of hydrogen-bond acceptors (Lipinski definition) is 6. The number of hydrogen-bond donors (Lipinski definition) is 3. The number of nitrogen functional groups attached to an aromatic ring is 1. The van der Waals surface area contributed by atoms with Gasteiger partial charge in [-0.15, -0.1) is 0 Å². The van der Waals surface area contributed by atoms with Crippen molar-refractivity contribution in [1.82, 2.24) is 25.4 Å². The highest BCUT2D eigenvalue weighted by atomic mass is 16.5. The first kappa shape index (κ1) is 22.0. The summed E-state index contributed by atoms with van der Waals surface area (Å²) in [5.41, 5.74) is 8.57. The Morgan fingerprint density at radius 1 is 1.19 bits per heavy atom. The zero-order chi connectivity index (χ0) is 22.4. The Hall–Kier alpha value is -3.72. The van der Waals surface area contributed by atoms with Crippen LogP contribution in [-0.4, -0.2) is 45.8 Å². The number of carbonyl (C=O) groups is 2. The molecule has 0 bridgehead atoms. The Labute approximate surface area is 180 Å². The van der Waals surface area contributed by atoms with E-state index in [1.807, 2.05) is 36.5 Å². The van der Waals surface area contributed by atoms with Gasteiger partial charge in [-0.1, -0.05) is 30.3 Å². The van der Waals surface area contributed by atoms with E-state index >= 15 is 0 Å². The van der Waals surface area contributed by atoms with Crippen molar-refractivity contribution in [2.45, 2.75) is 25.7 Å². The summed E-state index contributed by atoms with van der Waals surface area (Å²) in [7, 11) is 3.30. The predicted octanol–water partition coefficient (Wildman–Crippen LogP) is 1.51. The number of benzene rings is 1. The minimum atomic E-state index is -0.914. The smallest absolute Gasteiger partial charge is 0.255 e. The SMILES string of the molecule is CNC(=O)[C@@H](NC(=O)c1cc(-c2cnn(C)c2)cnc1N)[C@@H](C)OCc1ccccc1. The molecular formula is C22H26N6O3. The number of anilines is 1. The van der Waals surface area contributed by atoms with Gasteiger partial charge in [-0.25, -0.2) is 4.98 Å². The number of amides is 2. The van der Waals surface area contributed by atoms with Gasteiger partial charge in [0.25, 0.3) is 5.91 Å². The molecule has 31 heavy (non-hydrogen) atoms. The van der Waals surface area contributed by atoms with Gasteiger partial charge < -0.3 is 21.1 Å². The van der Waals surface area contributed by atoms with E-state index in [0.717, 1.165) is 11.1 Å². The third-order valence-electron chi connectivity index (χ3n) is 4.84. The Balaban J connectivity index is 1.76. The number of aromatic nitrogens is 3. The molecule has 0 aliphatic carbocycles. The second-order valence-electron chi connectivity index (χ2n) is 7.13. The highest BCUT2D eigenvalue weighted by Gasteiger charge is 2.28. The summed E-state index contributed by atoms with van der Waals surface area (Å²) >= 11 is 0. The number of nitrogens with two attached hydrogens (primary N) is 1. The molecule has 3 aromatic rings. The zero-order valence-corrected chi connectivity index (χ0v) is 17.7. The number of ether oxygens (including phenoxy) is 1. The second-order valence-corrected chi connectivity index (χ2v) is 7.13. The van der Waals surface area contributed by atoms with Crippen LogP contribution in [0.2, 0.25) is 0 Å². The van der Waals surface area contributed by atoms with Crippen molar-refractivity contribution in [2.75, 3.05) is 12.8 Å². The van der Waals surface area contributed by atoms with E-state index in [0.29, 0.717) is 12.2 Å². The molecular weight excluding hydrogens is 396 g/mol. The summed E-state index contributed by atoms with van der Waals surface area (Å²) in [4.78, 5) is 29.5. The van der Waals surface area contributed by atoms with Crippen LogP contribution in [0.4, 0.5) is 5.82 Å². The summed E-state index contributed by atoms with van der Waals surface area (Å²) in [5.74, 6) is -0.818. The Bertz CT molecular complexity index is 1050. The molecule has 0 aliphatic heterocycles. The molecule has 0 saturated heterocycles. The molecule has 2 amide bonds. The van der Waals surface area contributed by atoms with Crippen molar-refractivity contribution in [2.24, 2.45) is 7.05 Å². The first-order valence-corrected chi connectivity index (χ1v) is 9.81. The molecule has 2 atom stereocenters. The molecule has 0 aliphatic rings. The first-order chi connectivity index (χ1) is 14.9. The number of likely N-dealkylation sites (N-methyl/N-ethyl adjacent to an activating group) is 1. The van der Waals surface area contributed by atoms with Crippen LogP contribution in [0.1, 0.15) is 22.8 Å². The van der Waals surface area contributed by atoms with E-state index in [4.69, 9.17) is 10.5 Å². The van der Waals surface area contributed by atoms with E-state index < -0.39 is 18.1 Å². The largest absolute Gasteiger partial charge is 0.383 e. The quantitative estimate of drug-likeness (QED) is 0.506. The van der Waals surface area contributed by atoms with E-state index in [2.05, 4.69) is 20.7 Å². The van der Waals surface area contributed by atoms with Crippen LogP contribution >= 0.6 is 0 Å². The minimum Gasteiger partial charge on any atom is -0.383 e. The molecule has 1 aromatic carbocycles. The van der Waals surface area contributed by atoms with Gasteiger partial charge in [-0.2, -0.15) is 5.10 Å². The molecule has 0 unspecified atom stereocenters. The average molecular weight is 422 g/mol. The summed E-state index contributed by atoms with van der Waals surface area (Å²) in [6.45, 7) is 2.04. The third kappa shape index (κ3) is 5.46. The highest BCUT2D eigenvalue weighted by molar-refractivity contribution is 6.01. The van der Waals surface area contributed by atoms with Crippen molar-refractivity contribution in [3.8, 4) is 11.1 Å². The Morgan fingerprint density at radius 3 is 2.58 bits per heavy atom. The summed E-state index contributed by atoms with van der Waals surface area (Å²) in [6.07, 6.45) is 4.47. The lowest BCUT2D eigenvalue weighted by Gasteiger charge is -2.24. The van der Waals surface area contributed by atoms with Gasteiger partial charge in [0, 0.05) is 37.6 Å². The summed E-state index contributed by atoms with van der Waals surface area (Å²) < 4.78 is 7.49. The molecule has 162 valence electrons. The maximum absolute atomic E-state index is 13.0. The maximum atomic E-state index is 13.0. The molecule has 9 nitrogen and oxygen atoms in total. The van der Waals surface area contributed by atoms with Crippen LogP contribution < -0.4 is 16.4 Å². The van der Waals surface area contributed by atoms with Gasteiger partial charge in [-0.05, 0) is 18.6 Å². The molecule has 0 radical (unpaired) electrons. The Kier molecular flexibility index (Phi) is 6.99.